The van der Waals surface area contributed by atoms with Crippen LogP contribution in [0.4, 0.5) is 8.78 Å². The zero-order valence-corrected chi connectivity index (χ0v) is 13.6. The van der Waals surface area contributed by atoms with E-state index in [2.05, 4.69) is 10.1 Å². The predicted molar refractivity (Wildman–Crippen MR) is 83.6 cm³/mol. The van der Waals surface area contributed by atoms with Gasteiger partial charge in [0.15, 0.2) is 5.65 Å². The Bertz CT molecular complexity index is 837. The summed E-state index contributed by atoms with van der Waals surface area (Å²) in [5, 5.41) is 4.03. The van der Waals surface area contributed by atoms with Gasteiger partial charge in [-0.1, -0.05) is 0 Å². The molecular formula is C17H18F2N4O2. The highest BCUT2D eigenvalue weighted by molar-refractivity contribution is 5.99. The minimum Gasteiger partial charge on any atom is -0.381 e. The SMILES string of the molecule is O=C(c1cnn2c(C(F)F)cc(C3CC3)nc12)N1C[C@H]2COC[C@H]2C1. The zero-order valence-electron chi connectivity index (χ0n) is 13.6. The van der Waals surface area contributed by atoms with Crippen LogP contribution in [0, 0.1) is 11.8 Å². The van der Waals surface area contributed by atoms with Gasteiger partial charge in [-0.2, -0.15) is 5.10 Å². The molecule has 5 rings (SSSR count). The molecule has 2 aliphatic heterocycles. The molecule has 0 unspecified atom stereocenters. The van der Waals surface area contributed by atoms with Gasteiger partial charge in [0, 0.05) is 36.5 Å². The molecule has 132 valence electrons. The Morgan fingerprint density at radius 1 is 1.24 bits per heavy atom. The number of amides is 1. The highest BCUT2D eigenvalue weighted by Gasteiger charge is 2.40. The molecule has 0 N–H and O–H groups in total. The van der Waals surface area contributed by atoms with Crippen LogP contribution in [-0.2, 0) is 4.74 Å². The Labute approximate surface area is 142 Å². The van der Waals surface area contributed by atoms with E-state index in [1.165, 1.54) is 12.3 Å². The van der Waals surface area contributed by atoms with Crippen LogP contribution in [0.25, 0.3) is 5.65 Å². The smallest absolute Gasteiger partial charge is 0.280 e. The summed E-state index contributed by atoms with van der Waals surface area (Å²) in [4.78, 5) is 19.2. The van der Waals surface area contributed by atoms with Gasteiger partial charge in [-0.25, -0.2) is 18.3 Å². The van der Waals surface area contributed by atoms with Crippen LogP contribution < -0.4 is 0 Å². The van der Waals surface area contributed by atoms with Crippen molar-refractivity contribution in [3.05, 3.63) is 29.2 Å². The van der Waals surface area contributed by atoms with Crippen molar-refractivity contribution < 1.29 is 18.3 Å². The number of nitrogens with zero attached hydrogens (tertiary/aromatic N) is 4. The summed E-state index contributed by atoms with van der Waals surface area (Å²) >= 11 is 0. The summed E-state index contributed by atoms with van der Waals surface area (Å²) in [6, 6.07) is 1.42. The van der Waals surface area contributed by atoms with Gasteiger partial charge < -0.3 is 9.64 Å². The summed E-state index contributed by atoms with van der Waals surface area (Å²) in [6.45, 7) is 2.65. The Morgan fingerprint density at radius 3 is 2.60 bits per heavy atom. The maximum Gasteiger partial charge on any atom is 0.280 e. The molecule has 0 spiro atoms. The Hall–Kier alpha value is -2.09. The first-order chi connectivity index (χ1) is 12.1. The van der Waals surface area contributed by atoms with E-state index in [4.69, 9.17) is 4.74 Å². The fourth-order valence-electron chi connectivity index (χ4n) is 3.92. The summed E-state index contributed by atoms with van der Waals surface area (Å²) in [7, 11) is 0. The molecule has 3 fully saturated rings. The highest BCUT2D eigenvalue weighted by atomic mass is 19.3. The van der Waals surface area contributed by atoms with Crippen LogP contribution >= 0.6 is 0 Å². The maximum absolute atomic E-state index is 13.4. The molecule has 8 heteroatoms. The number of hydrogen-bond acceptors (Lipinski definition) is 4. The molecule has 2 atom stereocenters. The van der Waals surface area contributed by atoms with Gasteiger partial charge in [0.1, 0.15) is 11.3 Å². The second-order valence-electron chi connectivity index (χ2n) is 7.24. The number of ether oxygens (including phenoxy) is 1. The van der Waals surface area contributed by atoms with E-state index in [-0.39, 0.29) is 23.2 Å². The highest BCUT2D eigenvalue weighted by Crippen LogP contribution is 2.40. The molecule has 2 aromatic heterocycles. The van der Waals surface area contributed by atoms with Crippen LogP contribution in [0.15, 0.2) is 12.3 Å². The van der Waals surface area contributed by atoms with Crippen molar-refractivity contribution in [2.24, 2.45) is 11.8 Å². The summed E-state index contributed by atoms with van der Waals surface area (Å²) in [5.41, 5.74) is 1.00. The minimum atomic E-state index is -2.66. The number of hydrogen-bond donors (Lipinski definition) is 0. The van der Waals surface area contributed by atoms with E-state index < -0.39 is 6.43 Å². The standard InChI is InChI=1S/C17H18F2N4O2/c18-15(19)14-3-13(9-1-2-9)21-16-12(4-20-23(14)16)17(24)22-5-10-7-25-8-11(10)6-22/h3-4,9-11,15H,1-2,5-8H2/t10-,11+. The summed E-state index contributed by atoms with van der Waals surface area (Å²) in [6.07, 6.45) is 0.629. The van der Waals surface area contributed by atoms with Gasteiger partial charge in [-0.05, 0) is 18.9 Å². The summed E-state index contributed by atoms with van der Waals surface area (Å²) in [5.74, 6) is 0.795. The van der Waals surface area contributed by atoms with Crippen LogP contribution in [0.5, 0.6) is 0 Å². The lowest BCUT2D eigenvalue weighted by molar-refractivity contribution is 0.0752. The topological polar surface area (TPSA) is 59.7 Å². The largest absolute Gasteiger partial charge is 0.381 e. The monoisotopic (exact) mass is 348 g/mol. The van der Waals surface area contributed by atoms with Crippen molar-refractivity contribution in [1.29, 1.82) is 0 Å². The lowest BCUT2D eigenvalue weighted by atomic mass is 10.0. The molecular weight excluding hydrogens is 330 g/mol. The van der Waals surface area contributed by atoms with Crippen molar-refractivity contribution in [2.45, 2.75) is 25.2 Å². The number of rotatable bonds is 3. The Morgan fingerprint density at radius 2 is 1.96 bits per heavy atom. The number of carbonyl (C=O) groups excluding carboxylic acids is 1. The number of halogens is 2. The van der Waals surface area contributed by atoms with E-state index in [0.29, 0.717) is 49.4 Å². The molecule has 0 bridgehead atoms. The van der Waals surface area contributed by atoms with Crippen LogP contribution in [0.2, 0.25) is 0 Å². The van der Waals surface area contributed by atoms with E-state index in [1.54, 1.807) is 4.90 Å². The van der Waals surface area contributed by atoms with E-state index in [0.717, 1.165) is 17.4 Å². The maximum atomic E-state index is 13.4. The average molecular weight is 348 g/mol. The molecule has 25 heavy (non-hydrogen) atoms. The van der Waals surface area contributed by atoms with Gasteiger partial charge in [-0.15, -0.1) is 0 Å². The second-order valence-corrected chi connectivity index (χ2v) is 7.24. The van der Waals surface area contributed by atoms with E-state index >= 15 is 0 Å². The number of alkyl halides is 2. The van der Waals surface area contributed by atoms with Crippen molar-refractivity contribution in [3.63, 3.8) is 0 Å². The molecule has 2 aromatic rings. The number of aromatic nitrogens is 3. The first-order valence-corrected chi connectivity index (χ1v) is 8.65. The third kappa shape index (κ3) is 2.42. The average Bonchev–Trinajstić information content (AvgIpc) is 3.02. The zero-order chi connectivity index (χ0) is 17.1. The van der Waals surface area contributed by atoms with Gasteiger partial charge >= 0.3 is 0 Å². The predicted octanol–water partition coefficient (Wildman–Crippen LogP) is 2.26. The number of carbonyl (C=O) groups is 1. The Balaban J connectivity index is 1.54. The van der Waals surface area contributed by atoms with Gasteiger partial charge in [0.25, 0.3) is 12.3 Å². The quantitative estimate of drug-likeness (QED) is 0.854. The molecule has 4 heterocycles. The molecule has 2 saturated heterocycles. The Kier molecular flexibility index (Phi) is 3.31. The molecule has 6 nitrogen and oxygen atoms in total. The van der Waals surface area contributed by atoms with Crippen molar-refractivity contribution >= 4 is 11.6 Å². The minimum absolute atomic E-state index is 0.176. The molecule has 1 aliphatic carbocycles. The lowest BCUT2D eigenvalue weighted by Gasteiger charge is -2.16. The van der Waals surface area contributed by atoms with Crippen LogP contribution in [-0.4, -0.2) is 51.7 Å². The number of fused-ring (bicyclic) bond motifs is 2. The van der Waals surface area contributed by atoms with Gasteiger partial charge in [-0.3, -0.25) is 4.79 Å². The van der Waals surface area contributed by atoms with E-state index in [9.17, 15) is 13.6 Å². The van der Waals surface area contributed by atoms with E-state index in [1.807, 2.05) is 0 Å². The van der Waals surface area contributed by atoms with Crippen molar-refractivity contribution in [3.8, 4) is 0 Å². The van der Waals surface area contributed by atoms with Crippen molar-refractivity contribution in [1.82, 2.24) is 19.5 Å². The van der Waals surface area contributed by atoms with Crippen molar-refractivity contribution in [2.75, 3.05) is 26.3 Å². The van der Waals surface area contributed by atoms with Gasteiger partial charge in [0.2, 0.25) is 0 Å². The fraction of sp³-hybridized carbons (Fsp3) is 0.588. The molecule has 0 radical (unpaired) electrons. The normalized spacial score (nSPS) is 26.0. The first kappa shape index (κ1) is 15.2. The third-order valence-corrected chi connectivity index (χ3v) is 5.50. The molecule has 1 amide bonds. The number of likely N-dealkylation sites (tertiary alicyclic amines) is 1. The summed E-state index contributed by atoms with van der Waals surface area (Å²) < 4.78 is 33.4. The van der Waals surface area contributed by atoms with Gasteiger partial charge in [0.05, 0.1) is 19.4 Å². The third-order valence-electron chi connectivity index (χ3n) is 5.50. The van der Waals surface area contributed by atoms with Crippen LogP contribution in [0.3, 0.4) is 0 Å². The van der Waals surface area contributed by atoms with Crippen LogP contribution in [0.1, 0.15) is 46.9 Å². The molecule has 0 aromatic carbocycles. The second kappa shape index (κ2) is 5.45. The fourth-order valence-corrected chi connectivity index (χ4v) is 3.92. The lowest BCUT2D eigenvalue weighted by Crippen LogP contribution is -2.30. The first-order valence-electron chi connectivity index (χ1n) is 8.65. The molecule has 3 aliphatic rings. The molecule has 1 saturated carbocycles.